The number of aldehydes is 1. The molecule has 0 N–H and O–H groups in total. The molecule has 0 aromatic carbocycles. The van der Waals surface area contributed by atoms with Gasteiger partial charge < -0.3 is 33.2 Å². The highest BCUT2D eigenvalue weighted by Gasteiger charge is 2.60. The van der Waals surface area contributed by atoms with E-state index in [1.54, 1.807) is 13.8 Å². The average Bonchev–Trinajstić information content (AvgIpc) is 2.93. The monoisotopic (exact) mass is 442 g/mol. The van der Waals surface area contributed by atoms with Crippen molar-refractivity contribution in [3.63, 3.8) is 0 Å². The Morgan fingerprint density at radius 2 is 1.84 bits per heavy atom. The van der Waals surface area contributed by atoms with Crippen LogP contribution in [0.15, 0.2) is 11.6 Å². The molecular formula is C22H34O9. The molecule has 5 atom stereocenters. The molecule has 2 saturated heterocycles. The van der Waals surface area contributed by atoms with Crippen molar-refractivity contribution in [2.45, 2.75) is 90.4 Å². The lowest BCUT2D eigenvalue weighted by Crippen LogP contribution is -2.64. The number of carbonyl (C=O) groups excluding carboxylic acids is 3. The van der Waals surface area contributed by atoms with Crippen molar-refractivity contribution in [2.24, 2.45) is 5.41 Å². The van der Waals surface area contributed by atoms with Gasteiger partial charge in [0.1, 0.15) is 6.29 Å². The summed E-state index contributed by atoms with van der Waals surface area (Å²) in [4.78, 5) is 36.0. The lowest BCUT2D eigenvalue weighted by atomic mass is 9.75. The Hall–Kier alpha value is -1.81. The van der Waals surface area contributed by atoms with Crippen LogP contribution in [0.3, 0.4) is 0 Å². The predicted octanol–water partition coefficient (Wildman–Crippen LogP) is 2.30. The molecule has 0 bridgehead atoms. The Morgan fingerprint density at radius 1 is 1.19 bits per heavy atom. The Morgan fingerprint density at radius 3 is 2.29 bits per heavy atom. The molecule has 2 fully saturated rings. The fraction of sp³-hybridized carbons (Fsp3) is 0.773. The van der Waals surface area contributed by atoms with Gasteiger partial charge in [-0.1, -0.05) is 0 Å². The molecular weight excluding hydrogens is 408 g/mol. The van der Waals surface area contributed by atoms with Gasteiger partial charge in [-0.2, -0.15) is 0 Å². The standard InChI is InChI=1S/C22H34O9/c1-13-17(31-21(5,6)29-13)11-16-9-15(10-18(25)26-7)19(28-14(2)24)22(27-8,30-16)20(3,4)12-23/h10,12-13,16-17,19H,9,11H2,1-8H3/b15-10+/t13-,16+,17-,19+,22-/m1/s1. The van der Waals surface area contributed by atoms with Crippen LogP contribution in [0.5, 0.6) is 0 Å². The van der Waals surface area contributed by atoms with Gasteiger partial charge in [0.05, 0.1) is 30.8 Å². The predicted molar refractivity (Wildman–Crippen MR) is 109 cm³/mol. The van der Waals surface area contributed by atoms with E-state index >= 15 is 0 Å². The van der Waals surface area contributed by atoms with Crippen LogP contribution in [0.25, 0.3) is 0 Å². The lowest BCUT2D eigenvalue weighted by Gasteiger charge is -2.51. The molecule has 0 aromatic heterocycles. The van der Waals surface area contributed by atoms with Crippen molar-refractivity contribution in [1.82, 2.24) is 0 Å². The molecule has 0 aromatic rings. The molecule has 0 unspecified atom stereocenters. The first kappa shape index (κ1) is 25.5. The van der Waals surface area contributed by atoms with E-state index in [2.05, 4.69) is 0 Å². The number of esters is 2. The highest BCUT2D eigenvalue weighted by Crippen LogP contribution is 2.47. The maximum Gasteiger partial charge on any atom is 0.330 e. The van der Waals surface area contributed by atoms with Crippen molar-refractivity contribution >= 4 is 18.2 Å². The fourth-order valence-corrected chi connectivity index (χ4v) is 4.26. The van der Waals surface area contributed by atoms with E-state index in [4.69, 9.17) is 28.4 Å². The molecule has 2 aliphatic rings. The van der Waals surface area contributed by atoms with Gasteiger partial charge in [-0.3, -0.25) is 4.79 Å². The van der Waals surface area contributed by atoms with Crippen molar-refractivity contribution in [3.05, 3.63) is 11.6 Å². The molecule has 2 heterocycles. The highest BCUT2D eigenvalue weighted by molar-refractivity contribution is 5.83. The summed E-state index contributed by atoms with van der Waals surface area (Å²) in [5.41, 5.74) is -0.797. The topological polar surface area (TPSA) is 107 Å². The minimum absolute atomic E-state index is 0.186. The third-order valence-electron chi connectivity index (χ3n) is 5.69. The first-order valence-corrected chi connectivity index (χ1v) is 10.3. The number of hydrogen-bond acceptors (Lipinski definition) is 9. The minimum Gasteiger partial charge on any atom is -0.466 e. The summed E-state index contributed by atoms with van der Waals surface area (Å²) in [6, 6.07) is 0. The summed E-state index contributed by atoms with van der Waals surface area (Å²) >= 11 is 0. The van der Waals surface area contributed by atoms with Crippen molar-refractivity contribution in [3.8, 4) is 0 Å². The molecule has 0 amide bonds. The van der Waals surface area contributed by atoms with Crippen LogP contribution in [0, 0.1) is 5.41 Å². The van der Waals surface area contributed by atoms with Gasteiger partial charge in [-0.15, -0.1) is 0 Å². The maximum atomic E-state index is 12.1. The van der Waals surface area contributed by atoms with Gasteiger partial charge in [-0.05, 0) is 46.6 Å². The van der Waals surface area contributed by atoms with Crippen LogP contribution in [-0.2, 0) is 42.8 Å². The summed E-state index contributed by atoms with van der Waals surface area (Å²) in [7, 11) is 2.63. The Bertz CT molecular complexity index is 726. The first-order valence-electron chi connectivity index (χ1n) is 10.3. The fourth-order valence-electron chi connectivity index (χ4n) is 4.26. The maximum absolute atomic E-state index is 12.1. The summed E-state index contributed by atoms with van der Waals surface area (Å²) < 4.78 is 34.3. The number of rotatable bonds is 7. The second kappa shape index (κ2) is 9.36. The summed E-state index contributed by atoms with van der Waals surface area (Å²) in [6.07, 6.45) is 0.513. The van der Waals surface area contributed by atoms with Crippen LogP contribution in [0.1, 0.15) is 54.4 Å². The second-order valence-corrected chi connectivity index (χ2v) is 9.00. The number of ether oxygens (including phenoxy) is 6. The quantitative estimate of drug-likeness (QED) is 0.333. The zero-order valence-corrected chi connectivity index (χ0v) is 19.6. The average molecular weight is 443 g/mol. The number of hydrogen-bond donors (Lipinski definition) is 0. The number of methoxy groups -OCH3 is 2. The highest BCUT2D eigenvalue weighted by atomic mass is 16.8. The SMILES string of the molecule is COC(=O)/C=C1\C[C@@H](C[C@H]2OC(C)(C)O[C@@H]2C)O[C@@](OC)(C(C)(C)C=O)[C@H]1OC(C)=O. The molecule has 0 aliphatic carbocycles. The van der Waals surface area contributed by atoms with E-state index in [0.717, 1.165) is 0 Å². The van der Waals surface area contributed by atoms with E-state index in [0.29, 0.717) is 18.3 Å². The summed E-state index contributed by atoms with van der Waals surface area (Å²) in [5.74, 6) is -3.61. The molecule has 31 heavy (non-hydrogen) atoms. The van der Waals surface area contributed by atoms with Crippen molar-refractivity contribution in [2.75, 3.05) is 14.2 Å². The van der Waals surface area contributed by atoms with Crippen LogP contribution in [-0.4, -0.2) is 68.4 Å². The van der Waals surface area contributed by atoms with Gasteiger partial charge in [0.25, 0.3) is 0 Å². The van der Waals surface area contributed by atoms with Gasteiger partial charge in [-0.25, -0.2) is 4.79 Å². The summed E-state index contributed by atoms with van der Waals surface area (Å²) in [6.45, 7) is 10.1. The van der Waals surface area contributed by atoms with Crippen LogP contribution in [0.2, 0.25) is 0 Å². The molecule has 2 aliphatic heterocycles. The Balaban J connectivity index is 2.50. The number of carbonyl (C=O) groups is 3. The summed E-state index contributed by atoms with van der Waals surface area (Å²) in [5, 5.41) is 0. The molecule has 176 valence electrons. The van der Waals surface area contributed by atoms with Crippen molar-refractivity contribution in [1.29, 1.82) is 0 Å². The zero-order chi connectivity index (χ0) is 23.6. The van der Waals surface area contributed by atoms with Crippen molar-refractivity contribution < 1.29 is 42.8 Å². The molecule has 9 heteroatoms. The second-order valence-electron chi connectivity index (χ2n) is 9.00. The normalized spacial score (nSPS) is 34.4. The third kappa shape index (κ3) is 5.34. The minimum atomic E-state index is -1.67. The van der Waals surface area contributed by atoms with Crippen LogP contribution >= 0.6 is 0 Å². The van der Waals surface area contributed by atoms with E-state index in [9.17, 15) is 14.4 Å². The van der Waals surface area contributed by atoms with Crippen LogP contribution in [0.4, 0.5) is 0 Å². The van der Waals surface area contributed by atoms with E-state index < -0.39 is 41.1 Å². The largest absolute Gasteiger partial charge is 0.466 e. The van der Waals surface area contributed by atoms with Gasteiger partial charge >= 0.3 is 11.9 Å². The lowest BCUT2D eigenvalue weighted by molar-refractivity contribution is -0.337. The van der Waals surface area contributed by atoms with E-state index in [-0.39, 0.29) is 18.6 Å². The van der Waals surface area contributed by atoms with Gasteiger partial charge in [0.2, 0.25) is 5.79 Å². The van der Waals surface area contributed by atoms with E-state index in [1.807, 2.05) is 20.8 Å². The Labute approximate surface area is 183 Å². The Kier molecular flexibility index (Phi) is 7.68. The van der Waals surface area contributed by atoms with Gasteiger partial charge in [0.15, 0.2) is 11.9 Å². The third-order valence-corrected chi connectivity index (χ3v) is 5.69. The molecule has 9 nitrogen and oxygen atoms in total. The molecule has 0 radical (unpaired) electrons. The van der Waals surface area contributed by atoms with Crippen LogP contribution < -0.4 is 0 Å². The molecule has 0 saturated carbocycles. The molecule has 2 rings (SSSR count). The smallest absolute Gasteiger partial charge is 0.330 e. The first-order chi connectivity index (χ1) is 14.3. The van der Waals surface area contributed by atoms with E-state index in [1.165, 1.54) is 27.2 Å². The zero-order valence-electron chi connectivity index (χ0n) is 19.6. The van der Waals surface area contributed by atoms with Gasteiger partial charge in [0, 0.05) is 26.5 Å². The molecule has 0 spiro atoms.